The van der Waals surface area contributed by atoms with Gasteiger partial charge in [0.25, 0.3) is 0 Å². The molecule has 23 heavy (non-hydrogen) atoms. The molecule has 2 aromatic heterocycles. The number of fused-ring (bicyclic) bond motifs is 1. The number of pyridine rings is 1. The highest BCUT2D eigenvalue weighted by molar-refractivity contribution is 7.71. The van der Waals surface area contributed by atoms with Crippen LogP contribution in [-0.4, -0.2) is 52.6 Å². The molecule has 4 rings (SSSR count). The van der Waals surface area contributed by atoms with Gasteiger partial charge in [-0.2, -0.15) is 0 Å². The quantitative estimate of drug-likeness (QED) is 0.736. The molecule has 2 aromatic rings. The fraction of sp³-hybridized carbons (Fsp3) is 0.267. The highest BCUT2D eigenvalue weighted by atomic mass is 32.1. The van der Waals surface area contributed by atoms with Crippen LogP contribution in [0.5, 0.6) is 5.88 Å². The first-order valence-corrected chi connectivity index (χ1v) is 7.72. The zero-order valence-electron chi connectivity index (χ0n) is 12.2. The number of anilines is 1. The molecule has 1 saturated heterocycles. The first kappa shape index (κ1) is 14.2. The molecule has 8 heteroatoms. The summed E-state index contributed by atoms with van der Waals surface area (Å²) in [7, 11) is 0. The Kier molecular flexibility index (Phi) is 3.47. The fourth-order valence-electron chi connectivity index (χ4n) is 2.72. The van der Waals surface area contributed by atoms with Gasteiger partial charge in [-0.15, -0.1) is 0 Å². The van der Waals surface area contributed by atoms with Crippen molar-refractivity contribution in [2.75, 3.05) is 31.2 Å². The maximum absolute atomic E-state index is 9.82. The molecule has 2 aliphatic heterocycles. The smallest absolute Gasteiger partial charge is 0.215 e. The number of rotatable bonds is 2. The lowest BCUT2D eigenvalue weighted by molar-refractivity contribution is 0.122. The van der Waals surface area contributed by atoms with Gasteiger partial charge < -0.3 is 24.7 Å². The predicted octanol–water partition coefficient (Wildman–Crippen LogP) is 2.27. The van der Waals surface area contributed by atoms with E-state index in [9.17, 15) is 5.11 Å². The van der Waals surface area contributed by atoms with Gasteiger partial charge in [-0.3, -0.25) is 0 Å². The van der Waals surface area contributed by atoms with Crippen molar-refractivity contribution in [3.05, 3.63) is 28.3 Å². The van der Waals surface area contributed by atoms with Crippen LogP contribution < -0.4 is 4.90 Å². The van der Waals surface area contributed by atoms with Crippen LogP contribution in [0.1, 0.15) is 11.3 Å². The third-order valence-corrected chi connectivity index (χ3v) is 4.10. The van der Waals surface area contributed by atoms with Crippen molar-refractivity contribution in [1.29, 1.82) is 0 Å². The number of aromatic nitrogens is 3. The van der Waals surface area contributed by atoms with Crippen LogP contribution in [0, 0.1) is 4.77 Å². The number of allylic oxidation sites excluding steroid dienone is 1. The van der Waals surface area contributed by atoms with Crippen LogP contribution in [0.15, 0.2) is 17.3 Å². The highest BCUT2D eigenvalue weighted by Gasteiger charge is 2.18. The third-order valence-electron chi connectivity index (χ3n) is 3.90. The van der Waals surface area contributed by atoms with E-state index in [0.29, 0.717) is 16.3 Å². The minimum Gasteiger partial charge on any atom is -0.493 e. The van der Waals surface area contributed by atoms with Crippen molar-refractivity contribution in [3.63, 3.8) is 0 Å². The monoisotopic (exact) mass is 329 g/mol. The lowest BCUT2D eigenvalue weighted by Gasteiger charge is -2.28. The number of morpholine rings is 1. The van der Waals surface area contributed by atoms with E-state index in [1.165, 1.54) is 0 Å². The van der Waals surface area contributed by atoms with E-state index in [1.807, 2.05) is 12.3 Å². The van der Waals surface area contributed by atoms with Crippen molar-refractivity contribution in [3.8, 4) is 5.88 Å². The van der Waals surface area contributed by atoms with Crippen molar-refractivity contribution < 1.29 is 9.84 Å². The molecule has 0 aromatic carbocycles. The SMILES string of the molecule is Oc1[nH]c(=S)[nH]c1/C=C1\C=Nc2ncc(N3CCOCC3)cc21. The van der Waals surface area contributed by atoms with Crippen molar-refractivity contribution in [1.82, 2.24) is 15.0 Å². The van der Waals surface area contributed by atoms with E-state index in [2.05, 4.69) is 30.9 Å². The van der Waals surface area contributed by atoms with Crippen LogP contribution in [0.4, 0.5) is 11.5 Å². The Hall–Kier alpha value is -2.45. The van der Waals surface area contributed by atoms with Gasteiger partial charge in [0, 0.05) is 30.4 Å². The molecule has 0 bridgehead atoms. The molecule has 2 aliphatic rings. The Balaban J connectivity index is 1.70. The van der Waals surface area contributed by atoms with Crippen molar-refractivity contribution in [2.24, 2.45) is 4.99 Å². The number of nitrogens with zero attached hydrogens (tertiary/aromatic N) is 3. The van der Waals surface area contributed by atoms with Gasteiger partial charge in [-0.25, -0.2) is 9.98 Å². The van der Waals surface area contributed by atoms with Gasteiger partial charge in [0.1, 0.15) is 5.69 Å². The highest BCUT2D eigenvalue weighted by Crippen LogP contribution is 2.34. The zero-order valence-corrected chi connectivity index (χ0v) is 13.1. The number of nitrogens with one attached hydrogen (secondary N) is 2. The largest absolute Gasteiger partial charge is 0.493 e. The second-order valence-corrected chi connectivity index (χ2v) is 5.77. The summed E-state index contributed by atoms with van der Waals surface area (Å²) in [6.07, 6.45) is 5.39. The van der Waals surface area contributed by atoms with E-state index in [4.69, 9.17) is 17.0 Å². The summed E-state index contributed by atoms with van der Waals surface area (Å²) < 4.78 is 5.77. The van der Waals surface area contributed by atoms with E-state index >= 15 is 0 Å². The third kappa shape index (κ3) is 2.66. The minimum absolute atomic E-state index is 0.0154. The van der Waals surface area contributed by atoms with E-state index in [-0.39, 0.29) is 5.88 Å². The number of H-pyrrole nitrogens is 2. The summed E-state index contributed by atoms with van der Waals surface area (Å²) in [5, 5.41) is 9.82. The summed E-state index contributed by atoms with van der Waals surface area (Å²) in [5.41, 5.74) is 3.40. The average molecular weight is 329 g/mol. The van der Waals surface area contributed by atoms with Crippen LogP contribution in [-0.2, 0) is 4.74 Å². The molecule has 0 aliphatic carbocycles. The summed E-state index contributed by atoms with van der Waals surface area (Å²) in [6.45, 7) is 3.16. The first-order valence-electron chi connectivity index (χ1n) is 7.31. The van der Waals surface area contributed by atoms with Crippen LogP contribution >= 0.6 is 12.2 Å². The summed E-state index contributed by atoms with van der Waals surface area (Å²) in [5.74, 6) is 0.698. The Labute approximate surface area is 137 Å². The average Bonchev–Trinajstić information content (AvgIpc) is 3.11. The lowest BCUT2D eigenvalue weighted by Crippen LogP contribution is -2.36. The molecule has 4 heterocycles. The van der Waals surface area contributed by atoms with Gasteiger partial charge >= 0.3 is 0 Å². The number of ether oxygens (including phenoxy) is 1. The first-order chi connectivity index (χ1) is 11.2. The Morgan fingerprint density at radius 3 is 2.87 bits per heavy atom. The molecule has 0 unspecified atom stereocenters. The summed E-state index contributed by atoms with van der Waals surface area (Å²) >= 11 is 4.98. The molecule has 0 spiro atoms. The maximum Gasteiger partial charge on any atom is 0.215 e. The zero-order chi connectivity index (χ0) is 15.8. The molecular formula is C15H15N5O2S. The molecule has 7 nitrogen and oxygen atoms in total. The van der Waals surface area contributed by atoms with Gasteiger partial charge in [-0.1, -0.05) is 0 Å². The predicted molar refractivity (Wildman–Crippen MR) is 90.9 cm³/mol. The molecule has 0 atom stereocenters. The number of hydrogen-bond acceptors (Lipinski definition) is 6. The summed E-state index contributed by atoms with van der Waals surface area (Å²) in [6, 6.07) is 2.07. The van der Waals surface area contributed by atoms with E-state index in [0.717, 1.165) is 43.1 Å². The number of imidazole rings is 1. The van der Waals surface area contributed by atoms with Crippen LogP contribution in [0.25, 0.3) is 11.6 Å². The normalized spacial score (nSPS) is 18.6. The fourth-order valence-corrected chi connectivity index (χ4v) is 2.93. The van der Waals surface area contributed by atoms with Crippen LogP contribution in [0.3, 0.4) is 0 Å². The Morgan fingerprint density at radius 2 is 2.13 bits per heavy atom. The number of aromatic hydroxyl groups is 1. The standard InChI is InChI=1S/C15H15N5O2S/c21-14-12(18-15(23)19-14)5-9-7-16-13-11(9)6-10(8-17-13)20-1-3-22-4-2-20/h5-8,21H,1-4H2,(H2,18,19,23)/b9-5+. The molecule has 0 saturated carbocycles. The Bertz CT molecular complexity index is 861. The van der Waals surface area contributed by atoms with Crippen molar-refractivity contribution >= 4 is 41.6 Å². The van der Waals surface area contributed by atoms with E-state index in [1.54, 1.807) is 6.21 Å². The molecule has 0 radical (unpaired) electrons. The van der Waals surface area contributed by atoms with Gasteiger partial charge in [-0.05, 0) is 24.4 Å². The maximum atomic E-state index is 9.82. The van der Waals surface area contributed by atoms with Crippen molar-refractivity contribution in [2.45, 2.75) is 0 Å². The van der Waals surface area contributed by atoms with Gasteiger partial charge in [0.15, 0.2) is 10.6 Å². The molecule has 0 amide bonds. The van der Waals surface area contributed by atoms with Crippen LogP contribution in [0.2, 0.25) is 0 Å². The number of hydrogen-bond donors (Lipinski definition) is 3. The summed E-state index contributed by atoms with van der Waals surface area (Å²) in [4.78, 5) is 16.6. The molecule has 1 fully saturated rings. The van der Waals surface area contributed by atoms with E-state index < -0.39 is 0 Å². The van der Waals surface area contributed by atoms with Gasteiger partial charge in [0.2, 0.25) is 5.88 Å². The molecular weight excluding hydrogens is 314 g/mol. The second kappa shape index (κ2) is 5.64. The topological polar surface area (TPSA) is 89.5 Å². The Morgan fingerprint density at radius 1 is 1.30 bits per heavy atom. The number of aliphatic imine (C=N–C) groups is 1. The van der Waals surface area contributed by atoms with Gasteiger partial charge in [0.05, 0.1) is 25.1 Å². The molecule has 118 valence electrons. The molecule has 3 N–H and O–H groups in total. The minimum atomic E-state index is 0.0154. The second-order valence-electron chi connectivity index (χ2n) is 5.36. The number of aromatic amines is 2. The lowest BCUT2D eigenvalue weighted by atomic mass is 10.1.